The van der Waals surface area contributed by atoms with Crippen LogP contribution in [0.25, 0.3) is 0 Å². The maximum absolute atomic E-state index is 13.5. The zero-order chi connectivity index (χ0) is 16.2. The molecule has 1 atom stereocenters. The van der Waals surface area contributed by atoms with E-state index in [1.165, 1.54) is 0 Å². The first-order valence-corrected chi connectivity index (χ1v) is 9.10. The normalized spacial score (nSPS) is 13.0. The van der Waals surface area contributed by atoms with E-state index in [0.29, 0.717) is 0 Å². The van der Waals surface area contributed by atoms with Crippen LogP contribution in [0.2, 0.25) is 5.02 Å². The summed E-state index contributed by atoms with van der Waals surface area (Å²) in [4.78, 5) is 11.3. The molecule has 0 radical (unpaired) electrons. The van der Waals surface area contributed by atoms with E-state index in [9.17, 15) is 17.6 Å². The average Bonchev–Trinajstić information content (AvgIpc) is 2.34. The largest absolute Gasteiger partial charge is 0.350 e. The predicted octanol–water partition coefficient (Wildman–Crippen LogP) is 3.72. The number of halogens is 3. The van der Waals surface area contributed by atoms with Crippen LogP contribution in [-0.4, -0.2) is 20.4 Å². The van der Waals surface area contributed by atoms with Crippen molar-refractivity contribution in [3.63, 3.8) is 0 Å². The van der Waals surface area contributed by atoms with Gasteiger partial charge in [-0.25, -0.2) is 12.8 Å². The molecule has 0 fully saturated rings. The van der Waals surface area contributed by atoms with E-state index in [1.54, 1.807) is 0 Å². The summed E-state index contributed by atoms with van der Waals surface area (Å²) < 4.78 is 36.0. The summed E-state index contributed by atoms with van der Waals surface area (Å²) in [6.07, 6.45) is 2.72. The lowest BCUT2D eigenvalue weighted by atomic mass is 10.1. The van der Waals surface area contributed by atoms with Crippen LogP contribution in [0.15, 0.2) is 17.0 Å². The molecule has 0 aliphatic rings. The minimum absolute atomic E-state index is 0.102. The number of carbonyl (C=O) groups is 1. The summed E-state index contributed by atoms with van der Waals surface area (Å²) in [6.45, 7) is 3.85. The SMILES string of the molecule is CCCCC(C)NC(=O)c1cc(S(=O)(=O)Cl)c(F)cc1Cl. The van der Waals surface area contributed by atoms with Gasteiger partial charge >= 0.3 is 0 Å². The highest BCUT2D eigenvalue weighted by atomic mass is 35.7. The molecule has 1 rings (SSSR count). The summed E-state index contributed by atoms with van der Waals surface area (Å²) in [5.74, 6) is -1.66. The van der Waals surface area contributed by atoms with Crippen molar-refractivity contribution >= 4 is 37.2 Å². The molecule has 0 bridgehead atoms. The summed E-state index contributed by atoms with van der Waals surface area (Å²) in [6, 6.07) is 1.51. The van der Waals surface area contributed by atoms with Gasteiger partial charge in [-0.05, 0) is 25.5 Å². The van der Waals surface area contributed by atoms with Crippen LogP contribution in [0.4, 0.5) is 4.39 Å². The number of hydrogen-bond acceptors (Lipinski definition) is 3. The predicted molar refractivity (Wildman–Crippen MR) is 80.9 cm³/mol. The molecule has 0 aliphatic carbocycles. The highest BCUT2D eigenvalue weighted by molar-refractivity contribution is 8.13. The molecule has 0 heterocycles. The highest BCUT2D eigenvalue weighted by Gasteiger charge is 2.22. The Bertz CT molecular complexity index is 635. The number of unbranched alkanes of at least 4 members (excludes halogenated alkanes) is 1. The minimum atomic E-state index is -4.29. The van der Waals surface area contributed by atoms with Gasteiger partial charge in [0.25, 0.3) is 15.0 Å². The summed E-state index contributed by atoms with van der Waals surface area (Å²) in [5.41, 5.74) is -0.124. The van der Waals surface area contributed by atoms with Crippen LogP contribution in [-0.2, 0) is 9.05 Å². The Balaban J connectivity index is 3.05. The fourth-order valence-electron chi connectivity index (χ4n) is 1.77. The Kier molecular flexibility index (Phi) is 6.43. The van der Waals surface area contributed by atoms with Gasteiger partial charge in [0.1, 0.15) is 10.7 Å². The smallest absolute Gasteiger partial charge is 0.264 e. The first-order valence-electron chi connectivity index (χ1n) is 6.41. The molecule has 1 aromatic rings. The Morgan fingerprint density at radius 1 is 1.43 bits per heavy atom. The first-order chi connectivity index (χ1) is 9.66. The maximum atomic E-state index is 13.5. The van der Waals surface area contributed by atoms with Gasteiger partial charge in [0.2, 0.25) is 0 Å². The fourth-order valence-corrected chi connectivity index (χ4v) is 2.92. The molecule has 1 amide bonds. The van der Waals surface area contributed by atoms with Crippen molar-refractivity contribution in [2.45, 2.75) is 44.0 Å². The Labute approximate surface area is 133 Å². The van der Waals surface area contributed by atoms with Gasteiger partial charge in [-0.3, -0.25) is 4.79 Å². The van der Waals surface area contributed by atoms with Gasteiger partial charge in [0.15, 0.2) is 0 Å². The highest BCUT2D eigenvalue weighted by Crippen LogP contribution is 2.26. The zero-order valence-electron chi connectivity index (χ0n) is 11.6. The van der Waals surface area contributed by atoms with Crippen molar-refractivity contribution in [3.8, 4) is 0 Å². The topological polar surface area (TPSA) is 63.2 Å². The third-order valence-electron chi connectivity index (χ3n) is 2.90. The molecule has 1 unspecified atom stereocenters. The van der Waals surface area contributed by atoms with Gasteiger partial charge in [-0.1, -0.05) is 31.4 Å². The monoisotopic (exact) mass is 355 g/mol. The standard InChI is InChI=1S/C13H16Cl2FNO3S/c1-3-4-5-8(2)17-13(18)9-6-12(21(15,19)20)11(16)7-10(9)14/h6-8H,3-5H2,1-2H3,(H,17,18). The maximum Gasteiger partial charge on any atom is 0.264 e. The first kappa shape index (κ1) is 18.2. The lowest BCUT2D eigenvalue weighted by molar-refractivity contribution is 0.0938. The van der Waals surface area contributed by atoms with E-state index < -0.39 is 25.7 Å². The van der Waals surface area contributed by atoms with E-state index in [4.69, 9.17) is 22.3 Å². The second-order valence-electron chi connectivity index (χ2n) is 4.72. The van der Waals surface area contributed by atoms with Crippen LogP contribution in [0.1, 0.15) is 43.5 Å². The van der Waals surface area contributed by atoms with Crippen molar-refractivity contribution in [2.75, 3.05) is 0 Å². The van der Waals surface area contributed by atoms with Gasteiger partial charge in [0, 0.05) is 16.7 Å². The van der Waals surface area contributed by atoms with Crippen molar-refractivity contribution in [1.29, 1.82) is 0 Å². The molecule has 8 heteroatoms. The molecule has 118 valence electrons. The van der Waals surface area contributed by atoms with Crippen LogP contribution < -0.4 is 5.32 Å². The van der Waals surface area contributed by atoms with E-state index >= 15 is 0 Å². The third-order valence-corrected chi connectivity index (χ3v) is 4.55. The molecule has 0 saturated heterocycles. The van der Waals surface area contributed by atoms with Crippen molar-refractivity contribution in [3.05, 3.63) is 28.5 Å². The number of hydrogen-bond donors (Lipinski definition) is 1. The second-order valence-corrected chi connectivity index (χ2v) is 7.66. The quantitative estimate of drug-likeness (QED) is 0.791. The van der Waals surface area contributed by atoms with Crippen LogP contribution in [0.3, 0.4) is 0 Å². The zero-order valence-corrected chi connectivity index (χ0v) is 13.9. The lowest BCUT2D eigenvalue weighted by Crippen LogP contribution is -2.32. The fraction of sp³-hybridized carbons (Fsp3) is 0.462. The van der Waals surface area contributed by atoms with E-state index in [2.05, 4.69) is 5.32 Å². The van der Waals surface area contributed by atoms with Gasteiger partial charge < -0.3 is 5.32 Å². The van der Waals surface area contributed by atoms with Gasteiger partial charge in [-0.2, -0.15) is 0 Å². The van der Waals surface area contributed by atoms with Gasteiger partial charge in [0.05, 0.1) is 10.6 Å². The number of benzene rings is 1. The Morgan fingerprint density at radius 3 is 2.57 bits per heavy atom. The van der Waals surface area contributed by atoms with Crippen LogP contribution in [0.5, 0.6) is 0 Å². The molecule has 0 aliphatic heterocycles. The number of carbonyl (C=O) groups excluding carboxylic acids is 1. The molecule has 0 aromatic heterocycles. The van der Waals surface area contributed by atoms with Crippen molar-refractivity contribution in [2.24, 2.45) is 0 Å². The molecular formula is C13H16Cl2FNO3S. The molecule has 1 aromatic carbocycles. The van der Waals surface area contributed by atoms with E-state index in [-0.39, 0.29) is 16.6 Å². The van der Waals surface area contributed by atoms with Crippen molar-refractivity contribution < 1.29 is 17.6 Å². The third kappa shape index (κ3) is 5.13. The molecule has 1 N–H and O–H groups in total. The minimum Gasteiger partial charge on any atom is -0.350 e. The summed E-state index contributed by atoms with van der Waals surface area (Å²) >= 11 is 5.80. The molecule has 0 saturated carbocycles. The molecular weight excluding hydrogens is 340 g/mol. The van der Waals surface area contributed by atoms with Gasteiger partial charge in [-0.15, -0.1) is 0 Å². The molecule has 21 heavy (non-hydrogen) atoms. The summed E-state index contributed by atoms with van der Waals surface area (Å²) in [5, 5.41) is 2.52. The number of amides is 1. The molecule has 4 nitrogen and oxygen atoms in total. The summed E-state index contributed by atoms with van der Waals surface area (Å²) in [7, 11) is 0.834. The van der Waals surface area contributed by atoms with Crippen LogP contribution >= 0.6 is 22.3 Å². The Hall–Kier alpha value is -0.850. The van der Waals surface area contributed by atoms with Crippen LogP contribution in [0, 0.1) is 5.82 Å². The lowest BCUT2D eigenvalue weighted by Gasteiger charge is -2.14. The number of nitrogens with one attached hydrogen (secondary N) is 1. The Morgan fingerprint density at radius 2 is 2.05 bits per heavy atom. The second kappa shape index (κ2) is 7.42. The number of rotatable bonds is 6. The van der Waals surface area contributed by atoms with E-state index in [1.807, 2.05) is 13.8 Å². The van der Waals surface area contributed by atoms with Crippen molar-refractivity contribution in [1.82, 2.24) is 5.32 Å². The van der Waals surface area contributed by atoms with E-state index in [0.717, 1.165) is 31.4 Å². The average molecular weight is 356 g/mol. The molecule has 0 spiro atoms.